The van der Waals surface area contributed by atoms with Gasteiger partial charge in [0.15, 0.2) is 0 Å². The van der Waals surface area contributed by atoms with Crippen LogP contribution in [0, 0.1) is 12.7 Å². The van der Waals surface area contributed by atoms with Crippen LogP contribution in [-0.2, 0) is 9.59 Å². The summed E-state index contributed by atoms with van der Waals surface area (Å²) in [5.41, 5.74) is 3.57. The Balaban J connectivity index is 2.15. The van der Waals surface area contributed by atoms with E-state index >= 15 is 0 Å². The smallest absolute Gasteiger partial charge is 0.271 e. The van der Waals surface area contributed by atoms with E-state index in [0.29, 0.717) is 10.2 Å². The van der Waals surface area contributed by atoms with Crippen LogP contribution in [0.3, 0.4) is 0 Å². The van der Waals surface area contributed by atoms with Crippen LogP contribution in [0.1, 0.15) is 18.4 Å². The monoisotopic (exact) mass is 327 g/mol. The Morgan fingerprint density at radius 1 is 1.47 bits per heavy atom. The number of benzene rings is 1. The number of halogens is 2. The van der Waals surface area contributed by atoms with E-state index in [9.17, 15) is 14.0 Å². The van der Waals surface area contributed by atoms with Gasteiger partial charge in [-0.3, -0.25) is 9.59 Å². The molecule has 1 aliphatic heterocycles. The SMILES string of the molecule is Cc1cc(Br)c(F)cc1NC(=O)C1=NNC(=O)CC1. The molecule has 0 fully saturated rings. The minimum atomic E-state index is -0.459. The molecular weight excluding hydrogens is 317 g/mol. The van der Waals surface area contributed by atoms with Gasteiger partial charge in [0.05, 0.1) is 4.47 Å². The van der Waals surface area contributed by atoms with Gasteiger partial charge in [0.25, 0.3) is 5.91 Å². The van der Waals surface area contributed by atoms with E-state index in [0.717, 1.165) is 5.56 Å². The zero-order chi connectivity index (χ0) is 14.0. The van der Waals surface area contributed by atoms with E-state index in [-0.39, 0.29) is 24.5 Å². The number of carbonyl (C=O) groups excluding carboxylic acids is 2. The van der Waals surface area contributed by atoms with E-state index in [2.05, 4.69) is 31.8 Å². The zero-order valence-corrected chi connectivity index (χ0v) is 11.7. The van der Waals surface area contributed by atoms with Crippen molar-refractivity contribution in [2.45, 2.75) is 19.8 Å². The molecule has 0 aromatic heterocycles. The first kappa shape index (κ1) is 13.7. The molecule has 1 heterocycles. The lowest BCUT2D eigenvalue weighted by Crippen LogP contribution is -2.32. The predicted molar refractivity (Wildman–Crippen MR) is 72.3 cm³/mol. The summed E-state index contributed by atoms with van der Waals surface area (Å²) in [5, 5.41) is 6.26. The molecule has 0 radical (unpaired) electrons. The van der Waals surface area contributed by atoms with Crippen molar-refractivity contribution in [1.29, 1.82) is 0 Å². The molecule has 2 amide bonds. The highest BCUT2D eigenvalue weighted by molar-refractivity contribution is 9.10. The Bertz CT molecular complexity index is 587. The number of carbonyl (C=O) groups is 2. The molecular formula is C12H11BrFN3O2. The lowest BCUT2D eigenvalue weighted by Gasteiger charge is -2.13. The van der Waals surface area contributed by atoms with Crippen molar-refractivity contribution in [2.24, 2.45) is 5.10 Å². The molecule has 0 spiro atoms. The van der Waals surface area contributed by atoms with Crippen molar-refractivity contribution in [3.63, 3.8) is 0 Å². The van der Waals surface area contributed by atoms with Crippen LogP contribution >= 0.6 is 15.9 Å². The largest absolute Gasteiger partial charge is 0.321 e. The molecule has 100 valence electrons. The number of aryl methyl sites for hydroxylation is 1. The summed E-state index contributed by atoms with van der Waals surface area (Å²) in [6.45, 7) is 1.75. The molecule has 2 rings (SSSR count). The van der Waals surface area contributed by atoms with E-state index in [1.54, 1.807) is 13.0 Å². The van der Waals surface area contributed by atoms with Gasteiger partial charge < -0.3 is 5.32 Å². The average molecular weight is 328 g/mol. The second-order valence-corrected chi connectivity index (χ2v) is 4.98. The highest BCUT2D eigenvalue weighted by Gasteiger charge is 2.19. The summed E-state index contributed by atoms with van der Waals surface area (Å²) in [5.74, 6) is -1.12. The summed E-state index contributed by atoms with van der Waals surface area (Å²) < 4.78 is 13.8. The second-order valence-electron chi connectivity index (χ2n) is 4.13. The molecule has 1 aromatic rings. The summed E-state index contributed by atoms with van der Waals surface area (Å²) >= 11 is 3.07. The Hall–Kier alpha value is -1.76. The maximum atomic E-state index is 13.4. The normalized spacial score (nSPS) is 14.7. The number of hydrogen-bond acceptors (Lipinski definition) is 3. The van der Waals surface area contributed by atoms with Crippen LogP contribution in [-0.4, -0.2) is 17.5 Å². The highest BCUT2D eigenvalue weighted by Crippen LogP contribution is 2.24. The van der Waals surface area contributed by atoms with Gasteiger partial charge in [-0.05, 0) is 40.5 Å². The van der Waals surface area contributed by atoms with Crippen LogP contribution < -0.4 is 10.7 Å². The third kappa shape index (κ3) is 3.17. The first-order chi connectivity index (χ1) is 8.97. The number of amides is 2. The molecule has 0 bridgehead atoms. The van der Waals surface area contributed by atoms with Gasteiger partial charge in [-0.25, -0.2) is 9.82 Å². The molecule has 0 aliphatic carbocycles. The van der Waals surface area contributed by atoms with Gasteiger partial charge in [-0.15, -0.1) is 0 Å². The molecule has 0 saturated carbocycles. The highest BCUT2D eigenvalue weighted by atomic mass is 79.9. The second kappa shape index (κ2) is 5.48. The van der Waals surface area contributed by atoms with E-state index < -0.39 is 11.7 Å². The van der Waals surface area contributed by atoms with Crippen molar-refractivity contribution >= 4 is 39.1 Å². The first-order valence-electron chi connectivity index (χ1n) is 5.60. The Morgan fingerprint density at radius 2 is 2.21 bits per heavy atom. The van der Waals surface area contributed by atoms with E-state index in [1.807, 2.05) is 0 Å². The fourth-order valence-electron chi connectivity index (χ4n) is 1.61. The topological polar surface area (TPSA) is 70.6 Å². The van der Waals surface area contributed by atoms with E-state index in [4.69, 9.17) is 0 Å². The third-order valence-electron chi connectivity index (χ3n) is 2.68. The maximum Gasteiger partial charge on any atom is 0.271 e. The maximum absolute atomic E-state index is 13.4. The third-order valence-corrected chi connectivity index (χ3v) is 3.29. The van der Waals surface area contributed by atoms with Crippen LogP contribution in [0.4, 0.5) is 10.1 Å². The number of anilines is 1. The molecule has 0 atom stereocenters. The van der Waals surface area contributed by atoms with Crippen molar-refractivity contribution in [2.75, 3.05) is 5.32 Å². The number of hydrogen-bond donors (Lipinski definition) is 2. The Labute approximate surface area is 117 Å². The number of nitrogens with one attached hydrogen (secondary N) is 2. The quantitative estimate of drug-likeness (QED) is 0.873. The van der Waals surface area contributed by atoms with Crippen LogP contribution in [0.2, 0.25) is 0 Å². The minimum absolute atomic E-state index is 0.220. The fraction of sp³-hybridized carbons (Fsp3) is 0.250. The van der Waals surface area contributed by atoms with Gasteiger partial charge in [0.2, 0.25) is 5.91 Å². The van der Waals surface area contributed by atoms with Crippen molar-refractivity contribution in [3.05, 3.63) is 28.0 Å². The van der Waals surface area contributed by atoms with Gasteiger partial charge in [0.1, 0.15) is 11.5 Å². The molecule has 1 aliphatic rings. The van der Waals surface area contributed by atoms with Gasteiger partial charge in [-0.1, -0.05) is 0 Å². The Morgan fingerprint density at radius 3 is 2.84 bits per heavy atom. The first-order valence-corrected chi connectivity index (χ1v) is 6.39. The summed E-state index contributed by atoms with van der Waals surface area (Å²) in [7, 11) is 0. The number of hydrazone groups is 1. The summed E-state index contributed by atoms with van der Waals surface area (Å²) in [4.78, 5) is 22.8. The molecule has 2 N–H and O–H groups in total. The molecule has 0 unspecified atom stereocenters. The standard InChI is InChI=1S/C12H11BrFN3O2/c1-6-4-7(13)8(14)5-10(6)15-12(19)9-2-3-11(18)17-16-9/h4-5H,2-3H2,1H3,(H,15,19)(H,17,18). The molecule has 1 aromatic carbocycles. The van der Waals surface area contributed by atoms with Crippen LogP contribution in [0.5, 0.6) is 0 Å². The van der Waals surface area contributed by atoms with Gasteiger partial charge in [-0.2, -0.15) is 5.10 Å². The molecule has 5 nitrogen and oxygen atoms in total. The van der Waals surface area contributed by atoms with Gasteiger partial charge in [0, 0.05) is 18.5 Å². The van der Waals surface area contributed by atoms with Crippen molar-refractivity contribution in [1.82, 2.24) is 5.43 Å². The summed E-state index contributed by atoms with van der Waals surface area (Å²) in [6, 6.07) is 2.81. The van der Waals surface area contributed by atoms with Crippen LogP contribution in [0.25, 0.3) is 0 Å². The number of nitrogens with zero attached hydrogens (tertiary/aromatic N) is 1. The predicted octanol–water partition coefficient (Wildman–Crippen LogP) is 2.10. The van der Waals surface area contributed by atoms with E-state index in [1.165, 1.54) is 6.07 Å². The number of rotatable bonds is 2. The van der Waals surface area contributed by atoms with Crippen molar-refractivity contribution in [3.8, 4) is 0 Å². The molecule has 7 heteroatoms. The summed E-state index contributed by atoms with van der Waals surface area (Å²) in [6.07, 6.45) is 0.496. The lowest BCUT2D eigenvalue weighted by atomic mass is 10.1. The lowest BCUT2D eigenvalue weighted by molar-refractivity contribution is -0.121. The fourth-order valence-corrected chi connectivity index (χ4v) is 2.07. The van der Waals surface area contributed by atoms with Crippen LogP contribution in [0.15, 0.2) is 21.7 Å². The Kier molecular flexibility index (Phi) is 3.94. The average Bonchev–Trinajstić information content (AvgIpc) is 2.36. The molecule has 19 heavy (non-hydrogen) atoms. The molecule has 0 saturated heterocycles. The zero-order valence-electron chi connectivity index (χ0n) is 10.1. The van der Waals surface area contributed by atoms with Gasteiger partial charge >= 0.3 is 0 Å². The van der Waals surface area contributed by atoms with Crippen molar-refractivity contribution < 1.29 is 14.0 Å². The minimum Gasteiger partial charge on any atom is -0.321 e.